The lowest BCUT2D eigenvalue weighted by molar-refractivity contribution is 0.197. The molecule has 5 rings (SSSR count). The van der Waals surface area contributed by atoms with Crippen LogP contribution in [0.25, 0.3) is 0 Å². The Labute approximate surface area is 625 Å². The van der Waals surface area contributed by atoms with Gasteiger partial charge >= 0.3 is 6.03 Å². The van der Waals surface area contributed by atoms with Crippen molar-refractivity contribution in [2.75, 3.05) is 25.8 Å². The maximum atomic E-state index is 14.9. The number of isocyanates is 1. The SMILES string of the molecule is C=CC[Si](C)(C)CCC[Si](CCCN=C=O)(CCC[Si](C)(C)CC=C)CCC[Si](C)(C)CC=C.C=CC[Si](C)(C)CCC[Si](CCCNC(=O)N1C[C@@H](P(c2ccccc2)c2ccccc2)C[C@H]1CP(c1ccccc1)c1ccccc1)(CCC[Si](C)(C)CC=C)CCC[Si](C)(C)CC=C. The average molecular weight is 1530 g/mol. The highest BCUT2D eigenvalue weighted by Gasteiger charge is 2.42. The lowest BCUT2D eigenvalue weighted by atomic mass is 10.2. The number of nitrogens with zero attached hydrogens (tertiary/aromatic N) is 2. The predicted octanol–water partition coefficient (Wildman–Crippen LogP) is 25.1. The molecule has 0 radical (unpaired) electrons. The summed E-state index contributed by atoms with van der Waals surface area (Å²) >= 11 is 0. The van der Waals surface area contributed by atoms with E-state index in [2.05, 4.69) is 291 Å². The first-order chi connectivity index (χ1) is 47.6. The minimum Gasteiger partial charge on any atom is -0.338 e. The Hall–Kier alpha value is -3.43. The molecule has 0 spiro atoms. The van der Waals surface area contributed by atoms with Gasteiger partial charge in [0.25, 0.3) is 0 Å². The molecule has 1 aliphatic rings. The number of likely N-dealkylation sites (tertiary alicyclic amines) is 1. The summed E-state index contributed by atoms with van der Waals surface area (Å²) in [6.45, 7) is 57.3. The van der Waals surface area contributed by atoms with Crippen LogP contribution in [0.3, 0.4) is 0 Å². The van der Waals surface area contributed by atoms with E-state index in [0.717, 1.165) is 38.5 Å². The Morgan fingerprint density at radius 3 is 1.00 bits per heavy atom. The zero-order valence-electron chi connectivity index (χ0n) is 65.8. The minimum atomic E-state index is -1.65. The Morgan fingerprint density at radius 2 is 0.710 bits per heavy atom. The summed E-state index contributed by atoms with van der Waals surface area (Å²) in [6.07, 6.45) is 27.2. The molecule has 4 aromatic rings. The zero-order valence-corrected chi connectivity index (χ0v) is 75.6. The van der Waals surface area contributed by atoms with E-state index in [9.17, 15) is 9.59 Å². The molecule has 0 aromatic heterocycles. The Balaban J connectivity index is 0.000000527. The number of rotatable bonds is 51. The second-order valence-electron chi connectivity index (χ2n) is 35.0. The average Bonchev–Trinajstić information content (AvgIpc) is 1.61. The van der Waals surface area contributed by atoms with Gasteiger partial charge in [-0.15, -0.1) is 39.5 Å². The van der Waals surface area contributed by atoms with Gasteiger partial charge in [0.05, 0.1) is 71.1 Å². The van der Waals surface area contributed by atoms with Crippen LogP contribution in [0.15, 0.2) is 202 Å². The van der Waals surface area contributed by atoms with E-state index in [1.807, 2.05) is 0 Å². The lowest BCUT2D eigenvalue weighted by Gasteiger charge is -2.36. The van der Waals surface area contributed by atoms with Crippen LogP contribution in [0.4, 0.5) is 4.79 Å². The number of allylic oxidation sites excluding steroid dienone is 6. The molecule has 2 atom stereocenters. The quantitative estimate of drug-likeness (QED) is 0.0120. The van der Waals surface area contributed by atoms with Gasteiger partial charge < -0.3 is 10.2 Å². The van der Waals surface area contributed by atoms with E-state index in [1.54, 1.807) is 6.08 Å². The number of aliphatic imine (C=N–C) groups is 1. The fourth-order valence-corrected chi connectivity index (χ4v) is 47.2. The standard InChI is InChI=1S/C57H86N2OP2Si4.C28H57NOSi4/c1-10-38-63(4,5)41-26-45-66(46-27-42-64(6,7)39-11-2,47-28-43-65(8,9)40-12-3)44-25-37-58-57(60)59-49-56(62(54-33-21-15-22-34-54)55-35-23-16-24-36-55)48-51(59)50-61(52-29-17-13-18-30-52)53-31-19-14-20-32-53;1-10-18-31(4,5)21-14-25-34(24-13-17-29-28-30,26-15-22-32(6,7)19-11-2)27-16-23-33(8,9)20-12-3/h10-24,29-36,51,56H,1-3,25-28,37-50H2,4-9H3,(H,58,60);10-12H,1-3,13-27H2,4-9H3/t51-,56-;/m0./s1. The molecule has 1 heterocycles. The summed E-state index contributed by atoms with van der Waals surface area (Å²) in [4.78, 5) is 31.8. The van der Waals surface area contributed by atoms with Crippen LogP contribution in [-0.2, 0) is 4.79 Å². The fraction of sp³-hybridized carbons (Fsp3) is 0.553. The summed E-state index contributed by atoms with van der Waals surface area (Å²) in [5.74, 6) is 0. The first kappa shape index (κ1) is 89.0. The highest BCUT2D eigenvalue weighted by Crippen LogP contribution is 2.48. The monoisotopic (exact) mass is 1520 g/mol. The Bertz CT molecular complexity index is 2830. The largest absolute Gasteiger partial charge is 0.338 e. The van der Waals surface area contributed by atoms with Gasteiger partial charge in [-0.25, -0.2) is 14.6 Å². The van der Waals surface area contributed by atoms with Crippen LogP contribution in [0.2, 0.25) is 199 Å². The minimum absolute atomic E-state index is 0.147. The molecule has 1 N–H and O–H groups in total. The van der Waals surface area contributed by atoms with Gasteiger partial charge in [0.1, 0.15) is 0 Å². The third kappa shape index (κ3) is 34.2. The van der Waals surface area contributed by atoms with Gasteiger partial charge in [-0.3, -0.25) is 0 Å². The Kier molecular flexibility index (Phi) is 40.8. The maximum absolute atomic E-state index is 14.9. The van der Waals surface area contributed by atoms with Crippen LogP contribution in [0.5, 0.6) is 0 Å². The van der Waals surface area contributed by atoms with Crippen molar-refractivity contribution >= 4 is 114 Å². The molecule has 0 saturated carbocycles. The summed E-state index contributed by atoms with van der Waals surface area (Å²) in [5.41, 5.74) is 0.376. The van der Waals surface area contributed by atoms with E-state index in [1.165, 1.54) is 181 Å². The maximum Gasteiger partial charge on any atom is 0.317 e. The molecular formula is C85H143N3O2P2Si8. The van der Waals surface area contributed by atoms with E-state index in [4.69, 9.17) is 0 Å². The summed E-state index contributed by atoms with van der Waals surface area (Å²) < 4.78 is 0. The first-order valence-electron chi connectivity index (χ1n) is 39.1. The smallest absolute Gasteiger partial charge is 0.317 e. The van der Waals surface area contributed by atoms with Crippen LogP contribution >= 0.6 is 15.8 Å². The number of benzene rings is 4. The third-order valence-electron chi connectivity index (χ3n) is 22.4. The molecule has 5 nitrogen and oxygen atoms in total. The normalized spacial score (nSPS) is 14.8. The van der Waals surface area contributed by atoms with Crippen molar-refractivity contribution < 1.29 is 9.59 Å². The van der Waals surface area contributed by atoms with E-state index in [-0.39, 0.29) is 12.1 Å². The summed E-state index contributed by atoms with van der Waals surface area (Å²) in [7, 11) is -11.8. The van der Waals surface area contributed by atoms with Crippen LogP contribution < -0.4 is 26.5 Å². The van der Waals surface area contributed by atoms with Gasteiger partial charge in [-0.2, -0.15) is 0 Å². The number of amides is 2. The fourth-order valence-electron chi connectivity index (χ4n) is 16.5. The van der Waals surface area contributed by atoms with Crippen molar-refractivity contribution in [1.82, 2.24) is 10.2 Å². The van der Waals surface area contributed by atoms with Crippen molar-refractivity contribution in [2.45, 2.75) is 269 Å². The molecule has 1 aliphatic heterocycles. The van der Waals surface area contributed by atoms with Crippen molar-refractivity contribution in [2.24, 2.45) is 4.99 Å². The van der Waals surface area contributed by atoms with E-state index in [0.29, 0.717) is 12.2 Å². The molecule has 15 heteroatoms. The van der Waals surface area contributed by atoms with Crippen molar-refractivity contribution in [1.29, 1.82) is 0 Å². The second kappa shape index (κ2) is 45.8. The molecule has 0 unspecified atom stereocenters. The van der Waals surface area contributed by atoms with Gasteiger partial charge in [0.2, 0.25) is 6.08 Å². The Morgan fingerprint density at radius 1 is 0.430 bits per heavy atom. The molecule has 4 aromatic carbocycles. The van der Waals surface area contributed by atoms with Crippen LogP contribution in [0, 0.1) is 0 Å². The number of carbonyl (C=O) groups is 1. The van der Waals surface area contributed by atoms with Crippen molar-refractivity contribution in [3.05, 3.63) is 197 Å². The lowest BCUT2D eigenvalue weighted by Crippen LogP contribution is -2.45. The molecular weight excluding hydrogens is 1380 g/mol. The molecule has 100 heavy (non-hydrogen) atoms. The summed E-state index contributed by atoms with van der Waals surface area (Å²) in [5, 5.41) is 9.20. The number of urea groups is 1. The number of carbonyl (C=O) groups excluding carboxylic acids is 2. The third-order valence-corrected chi connectivity index (χ3v) is 57.7. The van der Waals surface area contributed by atoms with Gasteiger partial charge in [-0.1, -0.05) is 359 Å². The number of hydrogen-bond donors (Lipinski definition) is 1. The van der Waals surface area contributed by atoms with E-state index >= 15 is 0 Å². The van der Waals surface area contributed by atoms with Gasteiger partial charge in [0, 0.05) is 24.8 Å². The van der Waals surface area contributed by atoms with Gasteiger partial charge in [0.15, 0.2) is 0 Å². The van der Waals surface area contributed by atoms with Gasteiger partial charge in [-0.05, 0) is 98.8 Å². The number of nitrogens with one attached hydrogen (secondary N) is 1. The van der Waals surface area contributed by atoms with Crippen molar-refractivity contribution in [3.8, 4) is 0 Å². The van der Waals surface area contributed by atoms with E-state index < -0.39 is 80.4 Å². The first-order valence-corrected chi connectivity index (χ1v) is 68.1. The molecule has 1 saturated heterocycles. The number of hydrogen-bond acceptors (Lipinski definition) is 3. The summed E-state index contributed by atoms with van der Waals surface area (Å²) in [6, 6.07) is 72.1. The predicted molar refractivity (Wildman–Crippen MR) is 479 cm³/mol. The topological polar surface area (TPSA) is 61.8 Å². The molecule has 1 fully saturated rings. The second-order valence-corrected chi connectivity index (χ2v) is 81.2. The van der Waals surface area contributed by atoms with Crippen LogP contribution in [0.1, 0.15) is 57.8 Å². The van der Waals surface area contributed by atoms with Crippen LogP contribution in [-0.4, -0.2) is 119 Å². The molecule has 552 valence electrons. The highest BCUT2D eigenvalue weighted by molar-refractivity contribution is 7.74. The zero-order chi connectivity index (χ0) is 73.6. The highest BCUT2D eigenvalue weighted by atomic mass is 31.1. The molecule has 2 amide bonds. The van der Waals surface area contributed by atoms with Crippen molar-refractivity contribution in [3.63, 3.8) is 0 Å². The molecule has 0 bridgehead atoms. The molecule has 0 aliphatic carbocycles.